The van der Waals surface area contributed by atoms with Gasteiger partial charge >= 0.3 is 5.91 Å². The van der Waals surface area contributed by atoms with E-state index < -0.39 is 11.7 Å². The molecular formula is C25H21N3O3. The molecule has 31 heavy (non-hydrogen) atoms. The predicted octanol–water partition coefficient (Wildman–Crippen LogP) is 3.78. The first kappa shape index (κ1) is 19.1. The summed E-state index contributed by atoms with van der Waals surface area (Å²) < 4.78 is 5.26. The van der Waals surface area contributed by atoms with E-state index in [-0.39, 0.29) is 12.7 Å². The molecular weight excluding hydrogens is 390 g/mol. The van der Waals surface area contributed by atoms with Crippen LogP contribution >= 0.6 is 0 Å². The van der Waals surface area contributed by atoms with Crippen LogP contribution in [0.5, 0.6) is 5.75 Å². The average Bonchev–Trinajstić information content (AvgIpc) is 3.35. The summed E-state index contributed by atoms with van der Waals surface area (Å²) in [6.45, 7) is 0.233. The molecule has 0 saturated carbocycles. The number of Topliss-reactive ketones (excluding diaryl/α,β-unsaturated/α-hetero) is 1. The molecule has 2 heterocycles. The molecule has 0 spiro atoms. The van der Waals surface area contributed by atoms with Gasteiger partial charge in [0.1, 0.15) is 5.75 Å². The first-order valence-corrected chi connectivity index (χ1v) is 10.1. The number of hydrazine groups is 1. The van der Waals surface area contributed by atoms with Gasteiger partial charge in [-0.05, 0) is 53.6 Å². The lowest BCUT2D eigenvalue weighted by Gasteiger charge is -2.30. The van der Waals surface area contributed by atoms with Crippen molar-refractivity contribution in [2.75, 3.05) is 18.7 Å². The summed E-state index contributed by atoms with van der Waals surface area (Å²) in [6, 6.07) is 24.9. The van der Waals surface area contributed by atoms with Gasteiger partial charge in [-0.3, -0.25) is 14.5 Å². The van der Waals surface area contributed by atoms with Gasteiger partial charge in [-0.25, -0.2) is 0 Å². The van der Waals surface area contributed by atoms with Gasteiger partial charge in [0.05, 0.1) is 36.8 Å². The summed E-state index contributed by atoms with van der Waals surface area (Å²) in [5.74, 6) is -0.182. The van der Waals surface area contributed by atoms with Gasteiger partial charge in [-0.15, -0.1) is 0 Å². The number of hydrogen-bond acceptors (Lipinski definition) is 5. The Hall–Kier alpha value is -3.90. The maximum atomic E-state index is 12.7. The maximum absolute atomic E-state index is 12.7. The number of rotatable bonds is 5. The van der Waals surface area contributed by atoms with Gasteiger partial charge in [0.2, 0.25) is 0 Å². The van der Waals surface area contributed by atoms with Crippen LogP contribution in [0.3, 0.4) is 0 Å². The Morgan fingerprint density at radius 3 is 2.35 bits per heavy atom. The van der Waals surface area contributed by atoms with Crippen LogP contribution in [0, 0.1) is 0 Å². The number of fused-ring (bicyclic) bond motifs is 1. The maximum Gasteiger partial charge on any atom is 0.300 e. The fourth-order valence-electron chi connectivity index (χ4n) is 4.03. The van der Waals surface area contributed by atoms with Crippen molar-refractivity contribution >= 4 is 23.1 Å². The van der Waals surface area contributed by atoms with E-state index in [4.69, 9.17) is 4.74 Å². The zero-order chi connectivity index (χ0) is 21.4. The van der Waals surface area contributed by atoms with Crippen LogP contribution in [0.2, 0.25) is 0 Å². The minimum Gasteiger partial charge on any atom is -0.497 e. The Kier molecular flexibility index (Phi) is 4.76. The molecule has 3 aromatic carbocycles. The summed E-state index contributed by atoms with van der Waals surface area (Å²) in [4.78, 5) is 26.7. The Morgan fingerprint density at radius 2 is 1.61 bits per heavy atom. The smallest absolute Gasteiger partial charge is 0.300 e. The van der Waals surface area contributed by atoms with E-state index in [1.807, 2.05) is 59.6 Å². The summed E-state index contributed by atoms with van der Waals surface area (Å²) in [6.07, 6.45) is 2.13. The second-order valence-electron chi connectivity index (χ2n) is 7.47. The fraction of sp³-hybridized carbons (Fsp3) is 0.120. The number of carbonyl (C=O) groups excluding carboxylic acids is 2. The van der Waals surface area contributed by atoms with E-state index in [1.54, 1.807) is 19.2 Å². The van der Waals surface area contributed by atoms with E-state index in [0.29, 0.717) is 11.3 Å². The third-order valence-electron chi connectivity index (χ3n) is 5.64. The van der Waals surface area contributed by atoms with Crippen molar-refractivity contribution in [3.8, 4) is 5.75 Å². The number of methoxy groups -OCH3 is 1. The SMILES string of the molecule is COc1ccc(C2=C[C@@H](c3ccccc3)N(CN3C(=O)C(=O)c4ccccc43)N2)cc1. The second kappa shape index (κ2) is 7.74. The summed E-state index contributed by atoms with van der Waals surface area (Å²) in [5.41, 5.74) is 7.56. The molecule has 0 radical (unpaired) electrons. The van der Waals surface area contributed by atoms with Crippen molar-refractivity contribution in [2.24, 2.45) is 0 Å². The van der Waals surface area contributed by atoms with E-state index in [9.17, 15) is 9.59 Å². The van der Waals surface area contributed by atoms with Crippen molar-refractivity contribution in [3.05, 3.63) is 102 Å². The molecule has 5 rings (SSSR count). The molecule has 0 aromatic heterocycles. The van der Waals surface area contributed by atoms with Crippen LogP contribution in [0.15, 0.2) is 84.9 Å². The lowest BCUT2D eigenvalue weighted by Crippen LogP contribution is -2.45. The van der Waals surface area contributed by atoms with Crippen LogP contribution in [0.25, 0.3) is 5.70 Å². The number of ether oxygens (including phenoxy) is 1. The van der Waals surface area contributed by atoms with Crippen LogP contribution in [0.4, 0.5) is 5.69 Å². The molecule has 1 atom stereocenters. The normalized spacial score (nSPS) is 18.0. The summed E-state index contributed by atoms with van der Waals surface area (Å²) >= 11 is 0. The predicted molar refractivity (Wildman–Crippen MR) is 118 cm³/mol. The quantitative estimate of drug-likeness (QED) is 0.648. The lowest BCUT2D eigenvalue weighted by molar-refractivity contribution is -0.114. The van der Waals surface area contributed by atoms with Crippen molar-refractivity contribution < 1.29 is 14.3 Å². The minimum absolute atomic E-state index is 0.103. The molecule has 0 fully saturated rings. The third kappa shape index (κ3) is 3.37. The van der Waals surface area contributed by atoms with E-state index in [0.717, 1.165) is 22.6 Å². The molecule has 154 valence electrons. The largest absolute Gasteiger partial charge is 0.497 e. The third-order valence-corrected chi connectivity index (χ3v) is 5.64. The van der Waals surface area contributed by atoms with E-state index in [1.165, 1.54) is 4.90 Å². The molecule has 2 aliphatic heterocycles. The molecule has 0 aliphatic carbocycles. The zero-order valence-electron chi connectivity index (χ0n) is 17.0. The van der Waals surface area contributed by atoms with Crippen molar-refractivity contribution in [2.45, 2.75) is 6.04 Å². The first-order valence-electron chi connectivity index (χ1n) is 10.1. The molecule has 0 unspecified atom stereocenters. The Morgan fingerprint density at radius 1 is 0.903 bits per heavy atom. The van der Waals surface area contributed by atoms with Gasteiger partial charge in [-0.2, -0.15) is 5.01 Å². The number of anilines is 1. The van der Waals surface area contributed by atoms with Crippen molar-refractivity contribution in [3.63, 3.8) is 0 Å². The summed E-state index contributed by atoms with van der Waals surface area (Å²) in [7, 11) is 1.64. The van der Waals surface area contributed by atoms with Crippen LogP contribution in [0.1, 0.15) is 27.5 Å². The summed E-state index contributed by atoms with van der Waals surface area (Å²) in [5, 5.41) is 1.97. The molecule has 6 heteroatoms. The molecule has 0 saturated heterocycles. The monoisotopic (exact) mass is 411 g/mol. The van der Waals surface area contributed by atoms with Crippen molar-refractivity contribution in [1.82, 2.24) is 10.4 Å². The molecule has 2 aliphatic rings. The Balaban J connectivity index is 1.47. The highest BCUT2D eigenvalue weighted by atomic mass is 16.5. The number of benzene rings is 3. The lowest BCUT2D eigenvalue weighted by atomic mass is 10.0. The van der Waals surface area contributed by atoms with Crippen molar-refractivity contribution in [1.29, 1.82) is 0 Å². The highest BCUT2D eigenvalue weighted by molar-refractivity contribution is 6.52. The molecule has 1 amide bonds. The number of hydrogen-bond donors (Lipinski definition) is 1. The number of nitrogens with zero attached hydrogens (tertiary/aromatic N) is 2. The zero-order valence-corrected chi connectivity index (χ0v) is 17.0. The van der Waals surface area contributed by atoms with Crippen LogP contribution in [-0.4, -0.2) is 30.5 Å². The molecule has 6 nitrogen and oxygen atoms in total. The van der Waals surface area contributed by atoms with E-state index in [2.05, 4.69) is 23.6 Å². The number of carbonyl (C=O) groups is 2. The number of ketones is 1. The number of amides is 1. The second-order valence-corrected chi connectivity index (χ2v) is 7.47. The van der Waals surface area contributed by atoms with Crippen LogP contribution in [-0.2, 0) is 4.79 Å². The van der Waals surface area contributed by atoms with Gasteiger partial charge in [0, 0.05) is 0 Å². The Bertz CT molecular complexity index is 1170. The highest BCUT2D eigenvalue weighted by Gasteiger charge is 2.38. The number of para-hydroxylation sites is 1. The highest BCUT2D eigenvalue weighted by Crippen LogP contribution is 2.34. The number of nitrogens with one attached hydrogen (secondary N) is 1. The Labute approximate surface area is 180 Å². The van der Waals surface area contributed by atoms with Gasteiger partial charge < -0.3 is 10.2 Å². The standard InChI is InChI=1S/C25H21N3O3/c1-31-19-13-11-17(12-14-19)21-15-23(18-7-3-2-4-8-18)28(26-21)16-27-22-10-6-5-9-20(22)24(29)25(27)30/h2-15,23,26H,16H2,1H3/t23-/m0/s1. The van der Waals surface area contributed by atoms with Crippen LogP contribution < -0.4 is 15.1 Å². The average molecular weight is 411 g/mol. The van der Waals surface area contributed by atoms with Gasteiger partial charge in [0.25, 0.3) is 5.78 Å². The topological polar surface area (TPSA) is 61.9 Å². The first-order chi connectivity index (χ1) is 15.2. The minimum atomic E-state index is -0.507. The fourth-order valence-corrected chi connectivity index (χ4v) is 4.03. The molecule has 1 N–H and O–H groups in total. The van der Waals surface area contributed by atoms with Gasteiger partial charge in [0.15, 0.2) is 0 Å². The van der Waals surface area contributed by atoms with Gasteiger partial charge in [-0.1, -0.05) is 42.5 Å². The molecule has 0 bridgehead atoms. The molecule has 3 aromatic rings. The van der Waals surface area contributed by atoms with E-state index >= 15 is 0 Å².